The summed E-state index contributed by atoms with van der Waals surface area (Å²) < 4.78 is 6.64. The van der Waals surface area contributed by atoms with Gasteiger partial charge in [0.15, 0.2) is 0 Å². The van der Waals surface area contributed by atoms with Crippen molar-refractivity contribution in [3.63, 3.8) is 0 Å². The molecule has 0 fully saturated rings. The van der Waals surface area contributed by atoms with Crippen molar-refractivity contribution in [3.8, 4) is 11.1 Å². The van der Waals surface area contributed by atoms with Gasteiger partial charge in [0.1, 0.15) is 11.2 Å². The smallest absolute Gasteiger partial charge is 0.333 e. The van der Waals surface area contributed by atoms with Crippen molar-refractivity contribution in [2.24, 2.45) is 0 Å². The number of para-hydroxylation sites is 3. The fourth-order valence-electron chi connectivity index (χ4n) is 10.5. The van der Waals surface area contributed by atoms with Gasteiger partial charge < -0.3 is 14.1 Å². The van der Waals surface area contributed by atoms with Crippen molar-refractivity contribution in [1.82, 2.24) is 0 Å². The van der Waals surface area contributed by atoms with Crippen LogP contribution in [0.2, 0.25) is 0 Å². The molecule has 3 nitrogen and oxygen atoms in total. The molecule has 0 saturated heterocycles. The molecule has 4 heterocycles. The Bertz CT molecular complexity index is 2710. The third kappa shape index (κ3) is 3.78. The van der Waals surface area contributed by atoms with Crippen LogP contribution in [0.25, 0.3) is 33.1 Å². The van der Waals surface area contributed by atoms with Gasteiger partial charge in [-0.05, 0) is 111 Å². The van der Waals surface area contributed by atoms with E-state index in [1.165, 1.54) is 96.5 Å². The van der Waals surface area contributed by atoms with Crippen LogP contribution in [0.5, 0.6) is 0 Å². The molecule has 7 aromatic rings. The molecule has 0 spiro atoms. The van der Waals surface area contributed by atoms with Crippen LogP contribution in [0, 0.1) is 6.92 Å². The van der Waals surface area contributed by atoms with Crippen molar-refractivity contribution in [1.29, 1.82) is 0 Å². The van der Waals surface area contributed by atoms with Gasteiger partial charge >= 0.3 is 6.85 Å². The lowest BCUT2D eigenvalue weighted by Gasteiger charge is -2.50. The zero-order valence-electron chi connectivity index (χ0n) is 31.2. The third-order valence-corrected chi connectivity index (χ3v) is 13.3. The summed E-state index contributed by atoms with van der Waals surface area (Å²) in [5, 5.41) is 2.33. The lowest BCUT2D eigenvalue weighted by Crippen LogP contribution is -2.62. The molecular weight excluding hydrogens is 631 g/mol. The van der Waals surface area contributed by atoms with Gasteiger partial charge in [0.05, 0.1) is 5.69 Å². The second-order valence-electron chi connectivity index (χ2n) is 17.7. The molecule has 3 aliphatic heterocycles. The molecule has 0 saturated carbocycles. The zero-order chi connectivity index (χ0) is 35.5. The van der Waals surface area contributed by atoms with Crippen molar-refractivity contribution in [3.05, 3.63) is 137 Å². The van der Waals surface area contributed by atoms with E-state index in [0.717, 1.165) is 16.6 Å². The largest absolute Gasteiger partial charge is 0.456 e. The van der Waals surface area contributed by atoms with Gasteiger partial charge in [-0.25, -0.2) is 0 Å². The number of anilines is 5. The van der Waals surface area contributed by atoms with Gasteiger partial charge in [0, 0.05) is 50.6 Å². The molecule has 52 heavy (non-hydrogen) atoms. The quantitative estimate of drug-likeness (QED) is 0.162. The van der Waals surface area contributed by atoms with E-state index in [1.807, 2.05) is 0 Å². The minimum absolute atomic E-state index is 0.0232. The van der Waals surface area contributed by atoms with Gasteiger partial charge in [-0.15, -0.1) is 0 Å². The van der Waals surface area contributed by atoms with E-state index in [9.17, 15) is 0 Å². The molecule has 11 rings (SSSR count). The average Bonchev–Trinajstić information content (AvgIpc) is 3.49. The van der Waals surface area contributed by atoms with Gasteiger partial charge in [-0.1, -0.05) is 108 Å². The topological polar surface area (TPSA) is 19.6 Å². The van der Waals surface area contributed by atoms with E-state index < -0.39 is 0 Å². The normalized spacial score (nSPS) is 18.1. The van der Waals surface area contributed by atoms with Crippen LogP contribution in [0.15, 0.2) is 114 Å². The Morgan fingerprint density at radius 1 is 0.577 bits per heavy atom. The molecule has 0 N–H and O–H groups in total. The Balaban J connectivity index is 1.28. The number of benzene rings is 6. The Labute approximate surface area is 307 Å². The number of fused-ring (bicyclic) bond motifs is 10. The molecule has 0 radical (unpaired) electrons. The molecule has 1 aromatic heterocycles. The summed E-state index contributed by atoms with van der Waals surface area (Å²) in [5.74, 6) is 0. The summed E-state index contributed by atoms with van der Waals surface area (Å²) in [7, 11) is 0. The monoisotopic (exact) mass is 674 g/mol. The summed E-state index contributed by atoms with van der Waals surface area (Å²) in [6.45, 7) is 16.8. The van der Waals surface area contributed by atoms with Crippen LogP contribution in [0.4, 0.5) is 28.4 Å². The highest BCUT2D eigenvalue weighted by atomic mass is 16.3. The molecule has 6 aromatic carbocycles. The number of nitrogens with zero attached hydrogens (tertiary/aromatic N) is 2. The van der Waals surface area contributed by atoms with Crippen molar-refractivity contribution >= 4 is 68.1 Å². The molecule has 4 aliphatic rings. The molecule has 1 aliphatic carbocycles. The Kier molecular flexibility index (Phi) is 5.73. The predicted octanol–water partition coefficient (Wildman–Crippen LogP) is 11.6. The number of furan rings is 1. The number of aryl methyl sites for hydroxylation is 1. The second kappa shape index (κ2) is 9.80. The summed E-state index contributed by atoms with van der Waals surface area (Å²) in [5.41, 5.74) is 20.6. The third-order valence-electron chi connectivity index (χ3n) is 13.3. The first-order valence-corrected chi connectivity index (χ1v) is 19.0. The minimum Gasteiger partial charge on any atom is -0.456 e. The van der Waals surface area contributed by atoms with Crippen LogP contribution in [0.1, 0.15) is 82.2 Å². The Hall–Kier alpha value is -5.22. The van der Waals surface area contributed by atoms with E-state index in [1.54, 1.807) is 0 Å². The average molecular weight is 675 g/mol. The zero-order valence-corrected chi connectivity index (χ0v) is 31.2. The molecule has 0 unspecified atom stereocenters. The first-order valence-electron chi connectivity index (χ1n) is 19.0. The van der Waals surface area contributed by atoms with E-state index in [0.29, 0.717) is 0 Å². The lowest BCUT2D eigenvalue weighted by molar-refractivity contribution is 0.332. The summed E-state index contributed by atoms with van der Waals surface area (Å²) >= 11 is 0. The van der Waals surface area contributed by atoms with Gasteiger partial charge in [-0.2, -0.15) is 0 Å². The minimum atomic E-state index is -0.151. The number of hydrogen-bond acceptors (Lipinski definition) is 3. The van der Waals surface area contributed by atoms with E-state index in [2.05, 4.69) is 167 Å². The molecule has 0 atom stereocenters. The molecule has 0 bridgehead atoms. The molecule has 254 valence electrons. The fourth-order valence-corrected chi connectivity index (χ4v) is 10.5. The van der Waals surface area contributed by atoms with Crippen LogP contribution >= 0.6 is 0 Å². The first kappa shape index (κ1) is 30.4. The maximum absolute atomic E-state index is 6.64. The SMILES string of the molecule is Cc1cc2c3c(c1)N1c4ccccc4C(C)(C)c4cccc(c41)B3N(c1ccc3c(c1)C(C)(C)CCC3(C)C)c1cc3oc4ccccc4c3cc1-2. The fraction of sp³-hybridized carbons (Fsp3) is 0.250. The van der Waals surface area contributed by atoms with Gasteiger partial charge in [0.25, 0.3) is 0 Å². The van der Waals surface area contributed by atoms with Gasteiger partial charge in [-0.3, -0.25) is 0 Å². The van der Waals surface area contributed by atoms with Crippen LogP contribution in [-0.4, -0.2) is 6.85 Å². The van der Waals surface area contributed by atoms with E-state index in [-0.39, 0.29) is 23.1 Å². The van der Waals surface area contributed by atoms with E-state index >= 15 is 0 Å². The van der Waals surface area contributed by atoms with Crippen LogP contribution in [0.3, 0.4) is 0 Å². The number of hydrogen-bond donors (Lipinski definition) is 0. The summed E-state index contributed by atoms with van der Waals surface area (Å²) in [4.78, 5) is 5.27. The Morgan fingerprint density at radius 3 is 2.17 bits per heavy atom. The second-order valence-corrected chi connectivity index (χ2v) is 17.7. The summed E-state index contributed by atoms with van der Waals surface area (Å²) in [6.07, 6.45) is 2.38. The highest BCUT2D eigenvalue weighted by Crippen LogP contribution is 2.56. The molecule has 4 heteroatoms. The van der Waals surface area contributed by atoms with Gasteiger partial charge in [0.2, 0.25) is 0 Å². The summed E-state index contributed by atoms with van der Waals surface area (Å²) in [6, 6.07) is 41.6. The van der Waals surface area contributed by atoms with Crippen molar-refractivity contribution in [2.45, 2.75) is 77.6 Å². The first-order chi connectivity index (χ1) is 24.9. The number of rotatable bonds is 1. The van der Waals surface area contributed by atoms with E-state index in [4.69, 9.17) is 4.42 Å². The molecular formula is C48H43BN2O. The Morgan fingerprint density at radius 2 is 1.33 bits per heavy atom. The van der Waals surface area contributed by atoms with Crippen molar-refractivity contribution < 1.29 is 4.42 Å². The lowest BCUT2D eigenvalue weighted by atomic mass is 9.42. The van der Waals surface area contributed by atoms with Crippen LogP contribution in [-0.2, 0) is 16.2 Å². The highest BCUT2D eigenvalue weighted by Gasteiger charge is 2.50. The maximum Gasteiger partial charge on any atom is 0.333 e. The predicted molar refractivity (Wildman–Crippen MR) is 220 cm³/mol. The van der Waals surface area contributed by atoms with Crippen molar-refractivity contribution in [2.75, 3.05) is 9.71 Å². The standard InChI is InChI=1S/C48H43BN2O/c1-28-23-33-31-26-32-30-13-8-11-18-42(30)52-43(32)27-40(31)51(29-19-20-34-37(25-29)47(4,5)22-21-46(34,2)3)49-38-16-12-15-36-45(38)50(41(24-28)44(33)49)39-17-10-9-14-35(39)48(36,6)7/h8-20,23-27H,21-22H2,1-7H3. The van der Waals surface area contributed by atoms with Crippen LogP contribution < -0.4 is 20.6 Å². The highest BCUT2D eigenvalue weighted by molar-refractivity contribution is 6.93. The maximum atomic E-state index is 6.64. The molecule has 0 amide bonds.